The molecule has 1 N–H and O–H groups in total. The molecule has 0 radical (unpaired) electrons. The Balaban J connectivity index is 2.76. The molecule has 6 heteroatoms. The van der Waals surface area contributed by atoms with E-state index >= 15 is 0 Å². The Hall–Kier alpha value is -0.620. The summed E-state index contributed by atoms with van der Waals surface area (Å²) in [6, 6.07) is 1.42. The van der Waals surface area contributed by atoms with E-state index in [-0.39, 0.29) is 5.97 Å². The quantitative estimate of drug-likeness (QED) is 0.861. The minimum absolute atomic E-state index is 0.327. The van der Waals surface area contributed by atoms with Crippen LogP contribution in [0.25, 0.3) is 0 Å². The molecule has 4 nitrogen and oxygen atoms in total. The molecule has 1 unspecified atom stereocenters. The molecule has 0 fully saturated rings. The summed E-state index contributed by atoms with van der Waals surface area (Å²) >= 11 is 6.63. The van der Waals surface area contributed by atoms with Crippen molar-refractivity contribution in [3.63, 3.8) is 0 Å². The molecule has 0 amide bonds. The lowest BCUT2D eigenvalue weighted by atomic mass is 10.3. The maximum absolute atomic E-state index is 11.2. The summed E-state index contributed by atoms with van der Waals surface area (Å²) < 4.78 is 6.25. The molecule has 0 spiro atoms. The third kappa shape index (κ3) is 3.46. The van der Waals surface area contributed by atoms with E-state index in [0.717, 1.165) is 8.95 Å². The second kappa shape index (κ2) is 5.46. The number of carbonyl (C=O) groups excluding carboxylic acids is 1. The highest BCUT2D eigenvalue weighted by Gasteiger charge is 2.14. The average Bonchev–Trinajstić information content (AvgIpc) is 2.20. The number of rotatable bonds is 3. The van der Waals surface area contributed by atoms with Gasteiger partial charge in [-0.25, -0.2) is 9.78 Å². The summed E-state index contributed by atoms with van der Waals surface area (Å²) in [6.45, 7) is 1.71. The molecule has 1 atom stereocenters. The second-order valence-electron chi connectivity index (χ2n) is 2.87. The second-order valence-corrected chi connectivity index (χ2v) is 4.64. The Labute approximate surface area is 105 Å². The number of hydrogen-bond donors (Lipinski definition) is 1. The van der Waals surface area contributed by atoms with Gasteiger partial charge >= 0.3 is 5.97 Å². The Morgan fingerprint density at radius 3 is 2.80 bits per heavy atom. The average molecular weight is 338 g/mol. The van der Waals surface area contributed by atoms with Crippen molar-refractivity contribution in [1.29, 1.82) is 0 Å². The highest BCUT2D eigenvalue weighted by molar-refractivity contribution is 9.11. The van der Waals surface area contributed by atoms with E-state index in [2.05, 4.69) is 46.9 Å². The summed E-state index contributed by atoms with van der Waals surface area (Å²) in [4.78, 5) is 15.3. The van der Waals surface area contributed by atoms with Crippen LogP contribution in [0.4, 0.5) is 5.82 Å². The zero-order valence-electron chi connectivity index (χ0n) is 8.25. The summed E-state index contributed by atoms with van der Waals surface area (Å²) in [5.41, 5.74) is 0. The standard InChI is InChI=1S/C9H10Br2N2O2/c1-5(9(14)15-2)13-8-7(11)3-6(10)4-12-8/h3-5H,1-2H3,(H,12,13). The van der Waals surface area contributed by atoms with Gasteiger partial charge in [-0.2, -0.15) is 0 Å². The zero-order chi connectivity index (χ0) is 11.4. The fourth-order valence-electron chi connectivity index (χ4n) is 0.962. The van der Waals surface area contributed by atoms with Crippen molar-refractivity contribution in [2.45, 2.75) is 13.0 Å². The van der Waals surface area contributed by atoms with Crippen molar-refractivity contribution >= 4 is 43.6 Å². The molecule has 0 aliphatic heterocycles. The predicted molar refractivity (Wildman–Crippen MR) is 64.7 cm³/mol. The van der Waals surface area contributed by atoms with Gasteiger partial charge in [0.15, 0.2) is 0 Å². The van der Waals surface area contributed by atoms with Crippen LogP contribution in [0, 0.1) is 0 Å². The number of pyridine rings is 1. The molecule has 0 saturated carbocycles. The molecule has 1 aromatic heterocycles. The van der Waals surface area contributed by atoms with Gasteiger partial charge in [-0.1, -0.05) is 0 Å². The third-order valence-corrected chi connectivity index (χ3v) is 2.75. The van der Waals surface area contributed by atoms with Gasteiger partial charge in [0, 0.05) is 10.7 Å². The molecule has 15 heavy (non-hydrogen) atoms. The van der Waals surface area contributed by atoms with Crippen molar-refractivity contribution < 1.29 is 9.53 Å². The smallest absolute Gasteiger partial charge is 0.328 e. The molecular formula is C9H10Br2N2O2. The maximum atomic E-state index is 11.2. The molecule has 82 valence electrons. The SMILES string of the molecule is COC(=O)C(C)Nc1ncc(Br)cc1Br. The largest absolute Gasteiger partial charge is 0.467 e. The lowest BCUT2D eigenvalue weighted by molar-refractivity contribution is -0.141. The number of esters is 1. The fraction of sp³-hybridized carbons (Fsp3) is 0.333. The monoisotopic (exact) mass is 336 g/mol. The topological polar surface area (TPSA) is 51.2 Å². The highest BCUT2D eigenvalue weighted by atomic mass is 79.9. The van der Waals surface area contributed by atoms with Gasteiger partial charge in [0.1, 0.15) is 11.9 Å². The van der Waals surface area contributed by atoms with Gasteiger partial charge in [-0.3, -0.25) is 0 Å². The van der Waals surface area contributed by atoms with Gasteiger partial charge in [0.25, 0.3) is 0 Å². The first-order valence-electron chi connectivity index (χ1n) is 4.20. The van der Waals surface area contributed by atoms with Crippen molar-refractivity contribution in [2.24, 2.45) is 0 Å². The maximum Gasteiger partial charge on any atom is 0.328 e. The van der Waals surface area contributed by atoms with Crippen molar-refractivity contribution in [3.8, 4) is 0 Å². The lowest BCUT2D eigenvalue weighted by Gasteiger charge is -2.13. The van der Waals surface area contributed by atoms with E-state index in [1.54, 1.807) is 13.1 Å². The number of hydrogen-bond acceptors (Lipinski definition) is 4. The van der Waals surface area contributed by atoms with E-state index in [1.165, 1.54) is 7.11 Å². The Morgan fingerprint density at radius 2 is 2.27 bits per heavy atom. The van der Waals surface area contributed by atoms with Gasteiger partial charge in [-0.15, -0.1) is 0 Å². The summed E-state index contributed by atoms with van der Waals surface area (Å²) in [7, 11) is 1.35. The van der Waals surface area contributed by atoms with Gasteiger partial charge in [0.05, 0.1) is 11.6 Å². The molecular weight excluding hydrogens is 328 g/mol. The number of methoxy groups -OCH3 is 1. The Bertz CT molecular complexity index is 371. The molecule has 0 aliphatic rings. The van der Waals surface area contributed by atoms with Crippen LogP contribution in [0.1, 0.15) is 6.92 Å². The normalized spacial score (nSPS) is 12.0. The lowest BCUT2D eigenvalue weighted by Crippen LogP contribution is -2.27. The summed E-state index contributed by atoms with van der Waals surface area (Å²) in [5.74, 6) is 0.280. The molecule has 1 rings (SSSR count). The van der Waals surface area contributed by atoms with Crippen LogP contribution in [0.15, 0.2) is 21.2 Å². The van der Waals surface area contributed by atoms with E-state index in [9.17, 15) is 4.79 Å². The summed E-state index contributed by atoms with van der Waals surface area (Å²) in [6.07, 6.45) is 1.65. The first-order valence-corrected chi connectivity index (χ1v) is 5.78. The fourth-order valence-corrected chi connectivity index (χ4v) is 2.06. The van der Waals surface area contributed by atoms with Crippen LogP contribution in [0.3, 0.4) is 0 Å². The van der Waals surface area contributed by atoms with Crippen LogP contribution < -0.4 is 5.32 Å². The Morgan fingerprint density at radius 1 is 1.60 bits per heavy atom. The van der Waals surface area contributed by atoms with Crippen molar-refractivity contribution in [2.75, 3.05) is 12.4 Å². The Kier molecular flexibility index (Phi) is 4.53. The van der Waals surface area contributed by atoms with Gasteiger partial charge in [0.2, 0.25) is 0 Å². The molecule has 1 heterocycles. The molecule has 0 bridgehead atoms. The minimum atomic E-state index is -0.431. The minimum Gasteiger partial charge on any atom is -0.467 e. The first kappa shape index (κ1) is 12.4. The molecule has 1 aromatic rings. The van der Waals surface area contributed by atoms with E-state index in [1.807, 2.05) is 6.07 Å². The number of aromatic nitrogens is 1. The van der Waals surface area contributed by atoms with Crippen LogP contribution in [0.2, 0.25) is 0 Å². The van der Waals surface area contributed by atoms with E-state index < -0.39 is 6.04 Å². The van der Waals surface area contributed by atoms with Gasteiger partial charge in [-0.05, 0) is 44.8 Å². The van der Waals surface area contributed by atoms with Crippen molar-refractivity contribution in [3.05, 3.63) is 21.2 Å². The number of halogens is 2. The van der Waals surface area contributed by atoms with Crippen LogP contribution >= 0.6 is 31.9 Å². The predicted octanol–water partition coefficient (Wildman–Crippen LogP) is 2.58. The number of nitrogens with one attached hydrogen (secondary N) is 1. The van der Waals surface area contributed by atoms with Crippen LogP contribution in [0.5, 0.6) is 0 Å². The molecule has 0 aliphatic carbocycles. The molecule has 0 aromatic carbocycles. The number of nitrogens with zero attached hydrogens (tertiary/aromatic N) is 1. The van der Waals surface area contributed by atoms with E-state index in [0.29, 0.717) is 5.82 Å². The zero-order valence-corrected chi connectivity index (χ0v) is 11.4. The number of ether oxygens (including phenoxy) is 1. The van der Waals surface area contributed by atoms with Crippen LogP contribution in [-0.4, -0.2) is 24.1 Å². The third-order valence-electron chi connectivity index (χ3n) is 1.72. The summed E-state index contributed by atoms with van der Waals surface area (Å²) in [5, 5.41) is 2.93. The number of anilines is 1. The van der Waals surface area contributed by atoms with E-state index in [4.69, 9.17) is 0 Å². The van der Waals surface area contributed by atoms with Crippen LogP contribution in [-0.2, 0) is 9.53 Å². The highest BCUT2D eigenvalue weighted by Crippen LogP contribution is 2.23. The first-order chi connectivity index (χ1) is 7.04. The molecule has 0 saturated heterocycles. The van der Waals surface area contributed by atoms with Crippen molar-refractivity contribution in [1.82, 2.24) is 4.98 Å². The van der Waals surface area contributed by atoms with Gasteiger partial charge < -0.3 is 10.1 Å². The number of carbonyl (C=O) groups is 1.